The lowest BCUT2D eigenvalue weighted by molar-refractivity contribution is -0.572. The number of benzene rings is 6. The maximum absolute atomic E-state index is 10.1. The van der Waals surface area contributed by atoms with Crippen LogP contribution in [0.3, 0.4) is 0 Å². The molecule has 0 saturated heterocycles. The molecule has 6 aromatic carbocycles. The molecule has 0 saturated carbocycles. The van der Waals surface area contributed by atoms with E-state index >= 15 is 0 Å². The first-order chi connectivity index (χ1) is 23.7. The van der Waals surface area contributed by atoms with Crippen molar-refractivity contribution in [1.82, 2.24) is 0 Å². The fourth-order valence-corrected chi connectivity index (χ4v) is 6.58. The van der Waals surface area contributed by atoms with Crippen LogP contribution in [0.25, 0.3) is 39.3 Å². The third-order valence-electron chi connectivity index (χ3n) is 8.98. The Morgan fingerprint density at radius 3 is 1.54 bits per heavy atom. The van der Waals surface area contributed by atoms with Gasteiger partial charge in [0, 0.05) is 41.8 Å². The van der Waals surface area contributed by atoms with E-state index in [0.29, 0.717) is 0 Å². The highest BCUT2D eigenvalue weighted by Gasteiger charge is 2.30. The molecule has 230 valence electrons. The first-order valence-electron chi connectivity index (χ1n) is 16.3. The summed E-state index contributed by atoms with van der Waals surface area (Å²) in [5, 5.41) is 17.5. The minimum absolute atomic E-state index is 0.114. The maximum atomic E-state index is 10.1. The maximum Gasteiger partial charge on any atom is 0.219 e. The Hall–Kier alpha value is -6.26. The molecule has 1 aliphatic heterocycles. The molecule has 0 radical (unpaired) electrons. The molecule has 1 aromatic heterocycles. The zero-order valence-corrected chi connectivity index (χ0v) is 26.4. The van der Waals surface area contributed by atoms with Crippen LogP contribution in [0.2, 0.25) is 0 Å². The first kappa shape index (κ1) is 29.2. The molecular formula is C44H34N3O+. The highest BCUT2D eigenvalue weighted by Crippen LogP contribution is 2.38. The van der Waals surface area contributed by atoms with E-state index < -0.39 is 0 Å². The van der Waals surface area contributed by atoms with Gasteiger partial charge >= 0.3 is 0 Å². The largest absolute Gasteiger partial charge is 0.508 e. The number of phenols is 1. The predicted octanol–water partition coefficient (Wildman–Crippen LogP) is 10.0. The quantitative estimate of drug-likeness (QED) is 0.180. The number of pyridine rings is 1. The van der Waals surface area contributed by atoms with E-state index in [2.05, 4.69) is 149 Å². The number of hydrogen-bond donors (Lipinski definition) is 1. The predicted molar refractivity (Wildman–Crippen MR) is 195 cm³/mol. The average molecular weight is 621 g/mol. The Morgan fingerprint density at radius 2 is 1.00 bits per heavy atom. The van der Waals surface area contributed by atoms with Crippen LogP contribution in [0.15, 0.2) is 187 Å². The summed E-state index contributed by atoms with van der Waals surface area (Å²) in [5.74, 6) is 0.242. The minimum atomic E-state index is 0.114. The van der Waals surface area contributed by atoms with Gasteiger partial charge in [-0.15, -0.1) is 0 Å². The molecule has 48 heavy (non-hydrogen) atoms. The van der Waals surface area contributed by atoms with E-state index in [1.807, 2.05) is 30.3 Å². The molecule has 0 amide bonds. The normalized spacial score (nSPS) is 14.1. The summed E-state index contributed by atoms with van der Waals surface area (Å²) < 4.78 is 2.27. The van der Waals surface area contributed by atoms with Gasteiger partial charge < -0.3 is 5.11 Å². The Kier molecular flexibility index (Phi) is 7.81. The van der Waals surface area contributed by atoms with Crippen molar-refractivity contribution >= 4 is 11.4 Å². The van der Waals surface area contributed by atoms with Crippen molar-refractivity contribution < 1.29 is 9.67 Å². The van der Waals surface area contributed by atoms with Crippen molar-refractivity contribution in [2.24, 2.45) is 5.10 Å². The summed E-state index contributed by atoms with van der Waals surface area (Å²) in [5.41, 5.74) is 12.1. The van der Waals surface area contributed by atoms with Gasteiger partial charge in [0.2, 0.25) is 17.1 Å². The van der Waals surface area contributed by atoms with Crippen LogP contribution in [0.5, 0.6) is 5.75 Å². The lowest BCUT2D eigenvalue weighted by atomic mass is 9.97. The molecule has 1 N–H and O–H groups in total. The molecule has 0 spiro atoms. The van der Waals surface area contributed by atoms with Gasteiger partial charge in [-0.1, -0.05) is 109 Å². The lowest BCUT2D eigenvalue weighted by Gasteiger charge is -2.24. The Bertz CT molecular complexity index is 2120. The first-order valence-corrected chi connectivity index (χ1v) is 16.3. The number of anilines is 1. The molecule has 1 atom stereocenters. The molecule has 7 aromatic rings. The fourth-order valence-electron chi connectivity index (χ4n) is 6.58. The van der Waals surface area contributed by atoms with E-state index in [0.717, 1.165) is 62.7 Å². The highest BCUT2D eigenvalue weighted by atomic mass is 16.3. The van der Waals surface area contributed by atoms with Gasteiger partial charge in [-0.25, -0.2) is 0 Å². The van der Waals surface area contributed by atoms with Crippen molar-refractivity contribution in [2.75, 3.05) is 5.01 Å². The summed E-state index contributed by atoms with van der Waals surface area (Å²) >= 11 is 0. The zero-order valence-electron chi connectivity index (χ0n) is 26.4. The number of rotatable bonds is 7. The Labute approximate surface area is 281 Å². The van der Waals surface area contributed by atoms with Gasteiger partial charge in [-0.05, 0) is 70.8 Å². The second kappa shape index (κ2) is 12.9. The summed E-state index contributed by atoms with van der Waals surface area (Å²) in [6.07, 6.45) is 0.840. The van der Waals surface area contributed by atoms with E-state index in [-0.39, 0.29) is 11.8 Å². The highest BCUT2D eigenvalue weighted by molar-refractivity contribution is 6.03. The van der Waals surface area contributed by atoms with Gasteiger partial charge in [0.05, 0.1) is 17.4 Å². The molecular weight excluding hydrogens is 587 g/mol. The third kappa shape index (κ3) is 5.76. The van der Waals surface area contributed by atoms with Crippen LogP contribution < -0.4 is 9.58 Å². The number of nitrogens with zero attached hydrogens (tertiary/aromatic N) is 3. The molecule has 1 unspecified atom stereocenters. The van der Waals surface area contributed by atoms with Gasteiger partial charge in [-0.3, -0.25) is 5.01 Å². The molecule has 4 heteroatoms. The fraction of sp³-hybridized carbons (Fsp3) is 0.0455. The second-order valence-electron chi connectivity index (χ2n) is 12.0. The molecule has 8 rings (SSSR count). The molecule has 1 aliphatic rings. The molecule has 4 nitrogen and oxygen atoms in total. The summed E-state index contributed by atoms with van der Waals surface area (Å²) in [7, 11) is 0. The van der Waals surface area contributed by atoms with Gasteiger partial charge in [-0.2, -0.15) is 9.67 Å². The topological polar surface area (TPSA) is 39.7 Å². The average Bonchev–Trinajstić information content (AvgIpc) is 3.62. The van der Waals surface area contributed by atoms with E-state index in [9.17, 15) is 5.11 Å². The molecule has 0 aliphatic carbocycles. The molecule has 0 fully saturated rings. The van der Waals surface area contributed by atoms with Crippen molar-refractivity contribution in [2.45, 2.75) is 12.5 Å². The Balaban J connectivity index is 1.25. The van der Waals surface area contributed by atoms with Crippen molar-refractivity contribution in [3.63, 3.8) is 0 Å². The van der Waals surface area contributed by atoms with Gasteiger partial charge in [0.1, 0.15) is 5.75 Å². The van der Waals surface area contributed by atoms with Crippen molar-refractivity contribution in [3.05, 3.63) is 193 Å². The van der Waals surface area contributed by atoms with Gasteiger partial charge in [0.15, 0.2) is 0 Å². The van der Waals surface area contributed by atoms with Crippen molar-refractivity contribution in [1.29, 1.82) is 0 Å². The third-order valence-corrected chi connectivity index (χ3v) is 8.98. The van der Waals surface area contributed by atoms with Crippen LogP contribution in [-0.4, -0.2) is 10.8 Å². The van der Waals surface area contributed by atoms with Crippen LogP contribution in [0.1, 0.15) is 23.6 Å². The summed E-state index contributed by atoms with van der Waals surface area (Å²) in [4.78, 5) is 0. The molecule has 2 heterocycles. The van der Waals surface area contributed by atoms with Crippen LogP contribution in [0.4, 0.5) is 5.69 Å². The van der Waals surface area contributed by atoms with Gasteiger partial charge in [0.25, 0.3) is 0 Å². The standard InChI is InChI=1S/C44H33N3O/c48-40-27-25-38(26-28-40)46-42(34-15-7-2-8-16-34)29-37(30-43(46)35-17-9-3-10-18-35)32-21-23-39(24-22-32)47-44(36-19-11-4-12-20-36)31-41(45-47)33-13-5-1-6-14-33/h1-30,44H,31H2/p+1. The zero-order chi connectivity index (χ0) is 32.3. The number of hydrazone groups is 1. The SMILES string of the molecule is Oc1ccc(-[n+]2c(-c3ccccc3)cc(-c3ccc(N4N=C(c5ccccc5)CC4c4ccccc4)cc3)cc2-c2ccccc2)cc1. The number of phenolic OH excluding ortho intramolecular Hbond substituents is 1. The minimum Gasteiger partial charge on any atom is -0.508 e. The number of aromatic hydroxyl groups is 1. The summed E-state index contributed by atoms with van der Waals surface area (Å²) in [6.45, 7) is 0. The van der Waals surface area contributed by atoms with Crippen LogP contribution >= 0.6 is 0 Å². The van der Waals surface area contributed by atoms with E-state index in [4.69, 9.17) is 5.10 Å². The number of hydrogen-bond acceptors (Lipinski definition) is 3. The molecule has 0 bridgehead atoms. The monoisotopic (exact) mass is 620 g/mol. The Morgan fingerprint density at radius 1 is 0.500 bits per heavy atom. The summed E-state index contributed by atoms with van der Waals surface area (Å²) in [6, 6.07) is 62.9. The van der Waals surface area contributed by atoms with Crippen molar-refractivity contribution in [3.8, 4) is 45.1 Å². The van der Waals surface area contributed by atoms with E-state index in [1.165, 1.54) is 5.56 Å². The van der Waals surface area contributed by atoms with Crippen LogP contribution in [-0.2, 0) is 0 Å². The van der Waals surface area contributed by atoms with Crippen LogP contribution in [0, 0.1) is 0 Å². The smallest absolute Gasteiger partial charge is 0.219 e. The number of aromatic nitrogens is 1. The van der Waals surface area contributed by atoms with E-state index in [1.54, 1.807) is 12.1 Å². The lowest BCUT2D eigenvalue weighted by Crippen LogP contribution is -2.36. The second-order valence-corrected chi connectivity index (χ2v) is 12.0.